The number of rotatable bonds is 11. The molecule has 0 amide bonds. The number of carbonyl (C=O) groups is 2. The molecule has 0 aliphatic carbocycles. The van der Waals surface area contributed by atoms with Crippen LogP contribution in [0.5, 0.6) is 5.75 Å². The van der Waals surface area contributed by atoms with Crippen LogP contribution in [-0.4, -0.2) is 46.6 Å². The van der Waals surface area contributed by atoms with E-state index >= 15 is 0 Å². The summed E-state index contributed by atoms with van der Waals surface area (Å²) < 4.78 is 5.36. The number of carboxylic acids is 1. The van der Waals surface area contributed by atoms with Gasteiger partial charge in [0.2, 0.25) is 0 Å². The molecule has 0 unspecified atom stereocenters. The lowest BCUT2D eigenvalue weighted by Gasteiger charge is -2.17. The van der Waals surface area contributed by atoms with E-state index in [-0.39, 0.29) is 18.8 Å². The van der Waals surface area contributed by atoms with Crippen LogP contribution in [0.15, 0.2) is 24.4 Å². The number of unbranched alkanes of at least 4 members (excludes halogenated alkanes) is 1. The number of fused-ring (bicyclic) bond motifs is 1. The number of ether oxygens (including phenoxy) is 1. The minimum absolute atomic E-state index is 0.0813. The highest BCUT2D eigenvalue weighted by Crippen LogP contribution is 2.24. The highest BCUT2D eigenvalue weighted by Gasteiger charge is 2.10. The molecule has 1 aromatic carbocycles. The summed E-state index contributed by atoms with van der Waals surface area (Å²) in [5.74, 6) is -0.659. The molecule has 0 aliphatic rings. The zero-order chi connectivity index (χ0) is 18.9. The largest absolute Gasteiger partial charge is 0.481 e. The number of H-pyrrole nitrogens is 1. The van der Waals surface area contributed by atoms with Gasteiger partial charge in [0.25, 0.3) is 0 Å². The lowest BCUT2D eigenvalue weighted by molar-refractivity contribution is -0.138. The fourth-order valence-electron chi connectivity index (χ4n) is 2.98. The normalized spacial score (nSPS) is 11.2. The van der Waals surface area contributed by atoms with E-state index in [1.807, 2.05) is 24.4 Å². The SMILES string of the molecule is CCN(CC)CCc1c[nH]c2cc(OC(=O)CCCCC(=O)O)ccc12. The Morgan fingerprint density at radius 2 is 1.88 bits per heavy atom. The molecule has 2 aromatic rings. The second-order valence-corrected chi connectivity index (χ2v) is 6.37. The van der Waals surface area contributed by atoms with Gasteiger partial charge in [-0.2, -0.15) is 0 Å². The van der Waals surface area contributed by atoms with Gasteiger partial charge in [0.15, 0.2) is 0 Å². The zero-order valence-electron chi connectivity index (χ0n) is 15.6. The van der Waals surface area contributed by atoms with E-state index in [9.17, 15) is 9.59 Å². The van der Waals surface area contributed by atoms with Gasteiger partial charge >= 0.3 is 11.9 Å². The molecular formula is C20H28N2O4. The molecule has 1 heterocycles. The molecule has 0 saturated heterocycles. The monoisotopic (exact) mass is 360 g/mol. The molecule has 6 nitrogen and oxygen atoms in total. The summed E-state index contributed by atoms with van der Waals surface area (Å²) in [5, 5.41) is 9.74. The molecule has 0 aliphatic heterocycles. The number of aromatic nitrogens is 1. The Hall–Kier alpha value is -2.34. The van der Waals surface area contributed by atoms with Crippen LogP contribution in [0.4, 0.5) is 0 Å². The first-order valence-corrected chi connectivity index (χ1v) is 9.28. The van der Waals surface area contributed by atoms with Gasteiger partial charge in [0.1, 0.15) is 5.75 Å². The maximum absolute atomic E-state index is 11.9. The summed E-state index contributed by atoms with van der Waals surface area (Å²) in [7, 11) is 0. The number of carboxylic acid groups (broad SMARTS) is 1. The first-order chi connectivity index (χ1) is 12.5. The first kappa shape index (κ1) is 20.0. The van der Waals surface area contributed by atoms with Crippen molar-refractivity contribution in [3.63, 3.8) is 0 Å². The summed E-state index contributed by atoms with van der Waals surface area (Å²) in [5.41, 5.74) is 2.22. The zero-order valence-corrected chi connectivity index (χ0v) is 15.6. The molecule has 0 bridgehead atoms. The van der Waals surface area contributed by atoms with Crippen molar-refractivity contribution in [2.45, 2.75) is 46.0 Å². The van der Waals surface area contributed by atoms with Crippen LogP contribution >= 0.6 is 0 Å². The topological polar surface area (TPSA) is 82.6 Å². The third kappa shape index (κ3) is 5.88. The van der Waals surface area contributed by atoms with Crippen molar-refractivity contribution in [1.82, 2.24) is 9.88 Å². The molecule has 0 atom stereocenters. The molecule has 1 aromatic heterocycles. The van der Waals surface area contributed by atoms with Crippen LogP contribution in [0.25, 0.3) is 10.9 Å². The van der Waals surface area contributed by atoms with Gasteiger partial charge in [0, 0.05) is 42.6 Å². The van der Waals surface area contributed by atoms with Crippen molar-refractivity contribution in [2.75, 3.05) is 19.6 Å². The standard InChI is InChI=1S/C20H28N2O4/c1-3-22(4-2)12-11-15-14-21-18-13-16(9-10-17(15)18)26-20(25)8-6-5-7-19(23)24/h9-10,13-14,21H,3-8,11-12H2,1-2H3,(H,23,24). The maximum Gasteiger partial charge on any atom is 0.311 e. The second-order valence-electron chi connectivity index (χ2n) is 6.37. The van der Waals surface area contributed by atoms with Crippen molar-refractivity contribution in [3.05, 3.63) is 30.0 Å². The van der Waals surface area contributed by atoms with Gasteiger partial charge in [0.05, 0.1) is 0 Å². The minimum Gasteiger partial charge on any atom is -0.481 e. The van der Waals surface area contributed by atoms with Gasteiger partial charge in [-0.1, -0.05) is 13.8 Å². The molecule has 0 spiro atoms. The number of likely N-dealkylation sites (N-methyl/N-ethyl adjacent to an activating group) is 1. The van der Waals surface area contributed by atoms with Crippen molar-refractivity contribution in [3.8, 4) is 5.75 Å². The Kier molecular flexibility index (Phi) is 7.66. The number of carbonyl (C=O) groups excluding carboxylic acids is 1. The van der Waals surface area contributed by atoms with Crippen molar-refractivity contribution in [1.29, 1.82) is 0 Å². The Balaban J connectivity index is 1.91. The number of nitrogens with one attached hydrogen (secondary N) is 1. The number of aliphatic carboxylic acids is 1. The molecule has 26 heavy (non-hydrogen) atoms. The highest BCUT2D eigenvalue weighted by atomic mass is 16.5. The number of nitrogens with zero attached hydrogens (tertiary/aromatic N) is 1. The molecule has 0 fully saturated rings. The Morgan fingerprint density at radius 1 is 1.15 bits per heavy atom. The van der Waals surface area contributed by atoms with Gasteiger partial charge in [-0.25, -0.2) is 0 Å². The molecule has 0 radical (unpaired) electrons. The van der Waals surface area contributed by atoms with Crippen molar-refractivity contribution in [2.24, 2.45) is 0 Å². The maximum atomic E-state index is 11.9. The number of hydrogen-bond acceptors (Lipinski definition) is 4. The molecule has 2 rings (SSSR count). The van der Waals surface area contributed by atoms with Crippen LogP contribution in [-0.2, 0) is 16.0 Å². The summed E-state index contributed by atoms with van der Waals surface area (Å²) in [6.45, 7) is 7.45. The molecule has 2 N–H and O–H groups in total. The average molecular weight is 360 g/mol. The van der Waals surface area contributed by atoms with Crippen LogP contribution in [0.3, 0.4) is 0 Å². The van der Waals surface area contributed by atoms with Gasteiger partial charge in [-0.05, 0) is 50.0 Å². The van der Waals surface area contributed by atoms with Crippen LogP contribution < -0.4 is 4.74 Å². The van der Waals surface area contributed by atoms with E-state index < -0.39 is 5.97 Å². The lowest BCUT2D eigenvalue weighted by Crippen LogP contribution is -2.25. The number of benzene rings is 1. The third-order valence-corrected chi connectivity index (χ3v) is 4.58. The van der Waals surface area contributed by atoms with Crippen molar-refractivity contribution < 1.29 is 19.4 Å². The molecule has 6 heteroatoms. The van der Waals surface area contributed by atoms with Gasteiger partial charge in [-0.3, -0.25) is 9.59 Å². The smallest absolute Gasteiger partial charge is 0.311 e. The van der Waals surface area contributed by atoms with E-state index in [1.165, 1.54) is 5.56 Å². The van der Waals surface area contributed by atoms with Crippen LogP contribution in [0.2, 0.25) is 0 Å². The molecule has 142 valence electrons. The number of esters is 1. The predicted molar refractivity (Wildman–Crippen MR) is 102 cm³/mol. The predicted octanol–water partition coefficient (Wildman–Crippen LogP) is 3.60. The Bertz CT molecular complexity index is 734. The highest BCUT2D eigenvalue weighted by molar-refractivity contribution is 5.85. The fraction of sp³-hybridized carbons (Fsp3) is 0.500. The Labute approximate surface area is 154 Å². The fourth-order valence-corrected chi connectivity index (χ4v) is 2.98. The lowest BCUT2D eigenvalue weighted by atomic mass is 10.1. The van der Waals surface area contributed by atoms with E-state index in [2.05, 4.69) is 23.7 Å². The number of hydrogen-bond donors (Lipinski definition) is 2. The second kappa shape index (κ2) is 9.97. The van der Waals surface area contributed by atoms with E-state index in [1.54, 1.807) is 0 Å². The van der Waals surface area contributed by atoms with Gasteiger partial charge < -0.3 is 19.7 Å². The van der Waals surface area contributed by atoms with E-state index in [0.717, 1.165) is 37.0 Å². The number of aromatic amines is 1. The summed E-state index contributed by atoms with van der Waals surface area (Å²) in [6, 6.07) is 5.63. The quantitative estimate of drug-likeness (QED) is 0.363. The summed E-state index contributed by atoms with van der Waals surface area (Å²) in [4.78, 5) is 28.0. The van der Waals surface area contributed by atoms with E-state index in [0.29, 0.717) is 18.6 Å². The average Bonchev–Trinajstić information content (AvgIpc) is 3.02. The van der Waals surface area contributed by atoms with Crippen LogP contribution in [0, 0.1) is 0 Å². The molecular weight excluding hydrogens is 332 g/mol. The summed E-state index contributed by atoms with van der Waals surface area (Å²) >= 11 is 0. The molecule has 0 saturated carbocycles. The Morgan fingerprint density at radius 3 is 2.58 bits per heavy atom. The van der Waals surface area contributed by atoms with Crippen LogP contribution in [0.1, 0.15) is 45.1 Å². The minimum atomic E-state index is -0.840. The summed E-state index contributed by atoms with van der Waals surface area (Å²) in [6.07, 6.45) is 4.31. The first-order valence-electron chi connectivity index (χ1n) is 9.28. The third-order valence-electron chi connectivity index (χ3n) is 4.58. The van der Waals surface area contributed by atoms with Gasteiger partial charge in [-0.15, -0.1) is 0 Å². The van der Waals surface area contributed by atoms with Crippen molar-refractivity contribution >= 4 is 22.8 Å². The van der Waals surface area contributed by atoms with E-state index in [4.69, 9.17) is 9.84 Å².